The van der Waals surface area contributed by atoms with E-state index in [1.807, 2.05) is 11.1 Å². The molecule has 0 unspecified atom stereocenters. The topological polar surface area (TPSA) is 88.3 Å². The third-order valence-electron chi connectivity index (χ3n) is 4.82. The predicted molar refractivity (Wildman–Crippen MR) is 96.0 cm³/mol. The molecule has 0 spiro atoms. The summed E-state index contributed by atoms with van der Waals surface area (Å²) in [5, 5.41) is 7.24. The van der Waals surface area contributed by atoms with Crippen LogP contribution in [-0.2, 0) is 6.54 Å². The second kappa shape index (κ2) is 6.78. The van der Waals surface area contributed by atoms with Crippen molar-refractivity contribution in [3.8, 4) is 0 Å². The van der Waals surface area contributed by atoms with Gasteiger partial charge in [-0.25, -0.2) is 9.50 Å². The molecule has 0 saturated carbocycles. The third kappa shape index (κ3) is 2.91. The van der Waals surface area contributed by atoms with Crippen molar-refractivity contribution in [1.82, 2.24) is 29.3 Å². The first-order chi connectivity index (χ1) is 12.7. The van der Waals surface area contributed by atoms with Gasteiger partial charge in [-0.3, -0.25) is 19.4 Å². The number of hydrogen-bond donors (Lipinski definition) is 1. The minimum atomic E-state index is -0.194. The highest BCUT2D eigenvalue weighted by Crippen LogP contribution is 2.30. The normalized spacial score (nSPS) is 17.7. The third-order valence-corrected chi connectivity index (χ3v) is 4.82. The van der Waals surface area contributed by atoms with Crippen LogP contribution in [0.3, 0.4) is 0 Å². The maximum absolute atomic E-state index is 13.0. The average Bonchev–Trinajstić information content (AvgIpc) is 3.31. The van der Waals surface area contributed by atoms with Crippen molar-refractivity contribution in [1.29, 1.82) is 0 Å². The molecule has 3 aromatic heterocycles. The largest absolute Gasteiger partial charge is 0.329 e. The molecule has 4 heterocycles. The van der Waals surface area contributed by atoms with Gasteiger partial charge < -0.3 is 4.90 Å². The summed E-state index contributed by atoms with van der Waals surface area (Å²) in [4.78, 5) is 31.7. The summed E-state index contributed by atoms with van der Waals surface area (Å²) in [6.45, 7) is 3.52. The van der Waals surface area contributed by atoms with Gasteiger partial charge in [-0.2, -0.15) is 5.10 Å². The second-order valence-corrected chi connectivity index (χ2v) is 6.65. The van der Waals surface area contributed by atoms with Crippen molar-refractivity contribution in [3.63, 3.8) is 0 Å². The van der Waals surface area contributed by atoms with Gasteiger partial charge in [-0.15, -0.1) is 0 Å². The summed E-state index contributed by atoms with van der Waals surface area (Å²) in [5.41, 5.74) is 1.50. The number of carbonyl (C=O) groups excluding carboxylic acids is 1. The summed E-state index contributed by atoms with van der Waals surface area (Å²) in [6.07, 6.45) is 7.24. The molecule has 1 fully saturated rings. The SMILES string of the molecule is CCCn1ccc(C(=O)N2CCCC[C@H]2c2cc(=O)n3[nH]ccc3n2)n1. The van der Waals surface area contributed by atoms with Gasteiger partial charge in [0, 0.05) is 37.6 Å². The van der Waals surface area contributed by atoms with Gasteiger partial charge >= 0.3 is 0 Å². The minimum Gasteiger partial charge on any atom is -0.329 e. The zero-order chi connectivity index (χ0) is 18.1. The number of fused-ring (bicyclic) bond motifs is 1. The molecule has 1 amide bonds. The maximum Gasteiger partial charge on any atom is 0.274 e. The fourth-order valence-electron chi connectivity index (χ4n) is 3.58. The van der Waals surface area contributed by atoms with Crippen molar-refractivity contribution < 1.29 is 4.79 Å². The van der Waals surface area contributed by atoms with E-state index in [0.29, 0.717) is 23.6 Å². The molecule has 1 saturated heterocycles. The van der Waals surface area contributed by atoms with Crippen LogP contribution in [0, 0.1) is 0 Å². The molecule has 0 radical (unpaired) electrons. The molecule has 0 aromatic carbocycles. The molecule has 3 aromatic rings. The van der Waals surface area contributed by atoms with Crippen LogP contribution in [0.1, 0.15) is 54.8 Å². The Morgan fingerprint density at radius 2 is 2.23 bits per heavy atom. The summed E-state index contributed by atoms with van der Waals surface area (Å²) in [6, 6.07) is 4.85. The van der Waals surface area contributed by atoms with Crippen molar-refractivity contribution in [2.45, 2.75) is 45.2 Å². The van der Waals surface area contributed by atoms with Gasteiger partial charge in [0.25, 0.3) is 11.5 Å². The standard InChI is InChI=1S/C18H22N6O2/c1-2-9-22-11-7-13(21-22)18(26)23-10-4-3-5-15(23)14-12-17(25)24-16(20-14)6-8-19-24/h6-8,11-12,15,19H,2-5,9-10H2,1H3/t15-/m0/s1. The van der Waals surface area contributed by atoms with Crippen LogP contribution in [0.4, 0.5) is 0 Å². The van der Waals surface area contributed by atoms with E-state index < -0.39 is 0 Å². The van der Waals surface area contributed by atoms with E-state index in [4.69, 9.17) is 0 Å². The number of nitrogens with zero attached hydrogens (tertiary/aromatic N) is 5. The molecular weight excluding hydrogens is 332 g/mol. The number of aromatic nitrogens is 5. The van der Waals surface area contributed by atoms with Gasteiger partial charge in [0.1, 0.15) is 5.69 Å². The van der Waals surface area contributed by atoms with Gasteiger partial charge in [0.2, 0.25) is 0 Å². The quantitative estimate of drug-likeness (QED) is 0.776. The predicted octanol–water partition coefficient (Wildman–Crippen LogP) is 2.00. The highest BCUT2D eigenvalue weighted by atomic mass is 16.2. The van der Waals surface area contributed by atoms with Gasteiger partial charge in [0.05, 0.1) is 11.7 Å². The zero-order valence-electron chi connectivity index (χ0n) is 14.8. The Bertz CT molecular complexity index is 985. The van der Waals surface area contributed by atoms with Crippen molar-refractivity contribution >= 4 is 11.6 Å². The van der Waals surface area contributed by atoms with Crippen LogP contribution >= 0.6 is 0 Å². The number of amides is 1. The molecule has 4 rings (SSSR count). The van der Waals surface area contributed by atoms with Crippen molar-refractivity contribution in [3.05, 3.63) is 52.3 Å². The first-order valence-electron chi connectivity index (χ1n) is 9.09. The Morgan fingerprint density at radius 1 is 1.35 bits per heavy atom. The van der Waals surface area contributed by atoms with E-state index in [9.17, 15) is 9.59 Å². The van der Waals surface area contributed by atoms with E-state index in [0.717, 1.165) is 32.2 Å². The highest BCUT2D eigenvalue weighted by molar-refractivity contribution is 5.92. The first-order valence-corrected chi connectivity index (χ1v) is 9.09. The zero-order valence-corrected chi connectivity index (χ0v) is 14.8. The second-order valence-electron chi connectivity index (χ2n) is 6.65. The summed E-state index contributed by atoms with van der Waals surface area (Å²) in [7, 11) is 0. The lowest BCUT2D eigenvalue weighted by atomic mass is 9.98. The Hall–Kier alpha value is -2.90. The average molecular weight is 354 g/mol. The smallest absolute Gasteiger partial charge is 0.274 e. The summed E-state index contributed by atoms with van der Waals surface area (Å²) in [5.74, 6) is -0.0966. The minimum absolute atomic E-state index is 0.0966. The van der Waals surface area contributed by atoms with Crippen LogP contribution in [0.2, 0.25) is 0 Å². The number of nitrogens with one attached hydrogen (secondary N) is 1. The van der Waals surface area contributed by atoms with Crippen molar-refractivity contribution in [2.24, 2.45) is 0 Å². The lowest BCUT2D eigenvalue weighted by Crippen LogP contribution is -2.39. The molecule has 1 N–H and O–H groups in total. The fourth-order valence-corrected chi connectivity index (χ4v) is 3.58. The van der Waals surface area contributed by atoms with E-state index >= 15 is 0 Å². The van der Waals surface area contributed by atoms with Crippen molar-refractivity contribution in [2.75, 3.05) is 6.54 Å². The molecule has 8 nitrogen and oxygen atoms in total. The monoisotopic (exact) mass is 354 g/mol. The number of H-pyrrole nitrogens is 1. The number of hydrogen-bond acceptors (Lipinski definition) is 4. The van der Waals surface area contributed by atoms with Gasteiger partial charge in [-0.1, -0.05) is 6.92 Å². The van der Waals surface area contributed by atoms with Crippen LogP contribution < -0.4 is 5.56 Å². The molecule has 1 aliphatic heterocycles. The fraction of sp³-hybridized carbons (Fsp3) is 0.444. The highest BCUT2D eigenvalue weighted by Gasteiger charge is 2.31. The molecule has 26 heavy (non-hydrogen) atoms. The molecule has 0 aliphatic carbocycles. The van der Waals surface area contributed by atoms with E-state index in [2.05, 4.69) is 22.1 Å². The van der Waals surface area contributed by atoms with E-state index in [1.54, 1.807) is 23.0 Å². The van der Waals surface area contributed by atoms with Gasteiger partial charge in [-0.05, 0) is 31.7 Å². The first kappa shape index (κ1) is 16.6. The van der Waals surface area contributed by atoms with E-state index in [1.165, 1.54) is 10.6 Å². The maximum atomic E-state index is 13.0. The van der Waals surface area contributed by atoms with Gasteiger partial charge in [0.15, 0.2) is 5.65 Å². The number of likely N-dealkylation sites (tertiary alicyclic amines) is 1. The number of carbonyl (C=O) groups is 1. The number of piperidine rings is 1. The number of aryl methyl sites for hydroxylation is 1. The lowest BCUT2D eigenvalue weighted by Gasteiger charge is -2.34. The van der Waals surface area contributed by atoms with Crippen LogP contribution in [0.15, 0.2) is 35.4 Å². The molecule has 1 aliphatic rings. The molecular formula is C18H22N6O2. The number of aromatic amines is 1. The molecule has 8 heteroatoms. The summed E-state index contributed by atoms with van der Waals surface area (Å²) >= 11 is 0. The Kier molecular flexibility index (Phi) is 4.32. The Balaban J connectivity index is 1.66. The van der Waals surface area contributed by atoms with Crippen LogP contribution in [0.5, 0.6) is 0 Å². The van der Waals surface area contributed by atoms with E-state index in [-0.39, 0.29) is 17.5 Å². The van der Waals surface area contributed by atoms with Crippen LogP contribution in [-0.4, -0.2) is 41.7 Å². The lowest BCUT2D eigenvalue weighted by molar-refractivity contribution is 0.0599. The Morgan fingerprint density at radius 3 is 3.08 bits per heavy atom. The van der Waals surface area contributed by atoms with Crippen LogP contribution in [0.25, 0.3) is 5.65 Å². The molecule has 1 atom stereocenters. The Labute approximate surface area is 150 Å². The number of rotatable bonds is 4. The molecule has 136 valence electrons. The molecule has 0 bridgehead atoms. The summed E-state index contributed by atoms with van der Waals surface area (Å²) < 4.78 is 3.19.